The average molecular weight is 270 g/mol. The fraction of sp³-hybridized carbons (Fsp3) is 0.500. The van der Waals surface area contributed by atoms with E-state index in [2.05, 4.69) is 57.7 Å². The molecule has 0 aliphatic carbocycles. The minimum atomic E-state index is 1.17. The van der Waals surface area contributed by atoms with Crippen LogP contribution in [0.3, 0.4) is 0 Å². The minimum absolute atomic E-state index is 1.17. The molecule has 1 rings (SSSR count). The molecule has 20 heavy (non-hydrogen) atoms. The van der Waals surface area contributed by atoms with Crippen molar-refractivity contribution in [1.29, 1.82) is 0 Å². The molecule has 110 valence electrons. The number of allylic oxidation sites excluding steroid dienone is 3. The summed E-state index contributed by atoms with van der Waals surface area (Å²) < 4.78 is 0. The van der Waals surface area contributed by atoms with Crippen LogP contribution in [0, 0.1) is 0 Å². The summed E-state index contributed by atoms with van der Waals surface area (Å²) in [6.45, 7) is 11.2. The lowest BCUT2D eigenvalue weighted by molar-refractivity contribution is 0.704. The number of hydrogen-bond donors (Lipinski definition) is 0. The average Bonchev–Trinajstić information content (AvgIpc) is 2.48. The van der Waals surface area contributed by atoms with Gasteiger partial charge in [0.1, 0.15) is 0 Å². The number of unbranched alkanes of at least 4 members (excludes halogenated alkanes) is 3. The van der Waals surface area contributed by atoms with Crippen LogP contribution in [0.1, 0.15) is 71.3 Å². The van der Waals surface area contributed by atoms with Gasteiger partial charge in [-0.1, -0.05) is 75.6 Å². The molecule has 0 fully saturated rings. The van der Waals surface area contributed by atoms with Gasteiger partial charge in [0.25, 0.3) is 0 Å². The van der Waals surface area contributed by atoms with E-state index in [9.17, 15) is 0 Å². The van der Waals surface area contributed by atoms with Crippen LogP contribution >= 0.6 is 0 Å². The van der Waals surface area contributed by atoms with Gasteiger partial charge in [0, 0.05) is 0 Å². The van der Waals surface area contributed by atoms with Crippen molar-refractivity contribution < 1.29 is 0 Å². The van der Waals surface area contributed by atoms with Gasteiger partial charge in [-0.2, -0.15) is 0 Å². The highest BCUT2D eigenvalue weighted by atomic mass is 14.1. The van der Waals surface area contributed by atoms with Gasteiger partial charge < -0.3 is 0 Å². The first-order valence-electron chi connectivity index (χ1n) is 8.14. The van der Waals surface area contributed by atoms with Crippen LogP contribution < -0.4 is 0 Å². The number of rotatable bonds is 9. The molecule has 0 nitrogen and oxygen atoms in total. The fourth-order valence-corrected chi connectivity index (χ4v) is 2.58. The first-order valence-corrected chi connectivity index (χ1v) is 8.14. The zero-order valence-electron chi connectivity index (χ0n) is 13.5. The Labute approximate surface area is 125 Å². The largest absolute Gasteiger partial charge is 0.0909 e. The quantitative estimate of drug-likeness (QED) is 0.342. The molecule has 0 heteroatoms. The van der Waals surface area contributed by atoms with Crippen LogP contribution in [0.15, 0.2) is 48.1 Å². The molecule has 0 saturated heterocycles. The Balaban J connectivity index is 2.87. The third kappa shape index (κ3) is 5.36. The van der Waals surface area contributed by atoms with E-state index in [-0.39, 0.29) is 0 Å². The maximum atomic E-state index is 4.37. The van der Waals surface area contributed by atoms with E-state index in [1.54, 1.807) is 5.57 Å². The van der Waals surface area contributed by atoms with Gasteiger partial charge in [-0.15, -0.1) is 0 Å². The Morgan fingerprint density at radius 1 is 0.900 bits per heavy atom. The van der Waals surface area contributed by atoms with Crippen LogP contribution in [-0.4, -0.2) is 0 Å². The standard InChI is InChI=1S/C20H30/c1-5-7-10-13-17(3)20(16-8-6-2)18(4)19-14-11-9-12-15-19/h9,11-12,14-15H,4-8,10,13,16H2,1-3H3/b20-17+. The van der Waals surface area contributed by atoms with Crippen molar-refractivity contribution in [1.82, 2.24) is 0 Å². The summed E-state index contributed by atoms with van der Waals surface area (Å²) >= 11 is 0. The second-order valence-electron chi connectivity index (χ2n) is 5.66. The third-order valence-electron chi connectivity index (χ3n) is 3.94. The zero-order chi connectivity index (χ0) is 14.8. The second-order valence-corrected chi connectivity index (χ2v) is 5.66. The Hall–Kier alpha value is -1.30. The monoisotopic (exact) mass is 270 g/mol. The molecule has 0 radical (unpaired) electrons. The maximum absolute atomic E-state index is 4.37. The van der Waals surface area contributed by atoms with Crippen LogP contribution in [0.4, 0.5) is 0 Å². The van der Waals surface area contributed by atoms with Crippen molar-refractivity contribution in [3.05, 3.63) is 53.6 Å². The summed E-state index contributed by atoms with van der Waals surface area (Å²) in [6.07, 6.45) is 8.81. The SMILES string of the molecule is C=C(/C(CCCC)=C(\C)CCCCC)c1ccccc1. The summed E-state index contributed by atoms with van der Waals surface area (Å²) in [5.41, 5.74) is 5.54. The molecule has 0 bridgehead atoms. The van der Waals surface area contributed by atoms with E-state index in [4.69, 9.17) is 0 Å². The zero-order valence-corrected chi connectivity index (χ0v) is 13.5. The summed E-state index contributed by atoms with van der Waals surface area (Å²) in [5, 5.41) is 0. The Morgan fingerprint density at radius 3 is 2.15 bits per heavy atom. The molecule has 1 aromatic rings. The minimum Gasteiger partial charge on any atom is -0.0909 e. The van der Waals surface area contributed by atoms with Gasteiger partial charge in [-0.05, 0) is 49.3 Å². The molecule has 0 aliphatic heterocycles. The van der Waals surface area contributed by atoms with Crippen LogP contribution in [-0.2, 0) is 0 Å². The molecular weight excluding hydrogens is 240 g/mol. The van der Waals surface area contributed by atoms with Crippen molar-refractivity contribution in [3.63, 3.8) is 0 Å². The van der Waals surface area contributed by atoms with Crippen molar-refractivity contribution in [2.75, 3.05) is 0 Å². The molecule has 0 saturated carbocycles. The van der Waals surface area contributed by atoms with Gasteiger partial charge in [0.2, 0.25) is 0 Å². The van der Waals surface area contributed by atoms with E-state index in [0.717, 1.165) is 0 Å². The number of benzene rings is 1. The van der Waals surface area contributed by atoms with Crippen molar-refractivity contribution in [2.45, 2.75) is 65.7 Å². The Morgan fingerprint density at radius 2 is 1.55 bits per heavy atom. The lowest BCUT2D eigenvalue weighted by Crippen LogP contribution is -1.95. The van der Waals surface area contributed by atoms with E-state index in [0.29, 0.717) is 0 Å². The molecule has 0 aromatic heterocycles. The first-order chi connectivity index (χ1) is 9.70. The molecule has 0 spiro atoms. The Bertz CT molecular complexity index is 423. The van der Waals surface area contributed by atoms with Crippen molar-refractivity contribution in [2.24, 2.45) is 0 Å². The van der Waals surface area contributed by atoms with E-state index in [1.807, 2.05) is 0 Å². The first kappa shape index (κ1) is 16.8. The molecule has 0 heterocycles. The normalized spacial score (nSPS) is 12.2. The summed E-state index contributed by atoms with van der Waals surface area (Å²) in [7, 11) is 0. The molecule has 0 N–H and O–H groups in total. The van der Waals surface area contributed by atoms with Crippen molar-refractivity contribution >= 4 is 5.57 Å². The highest BCUT2D eigenvalue weighted by Gasteiger charge is 2.09. The fourth-order valence-electron chi connectivity index (χ4n) is 2.58. The smallest absolute Gasteiger partial charge is 0.0187 e. The van der Waals surface area contributed by atoms with E-state index in [1.165, 1.54) is 61.7 Å². The summed E-state index contributed by atoms with van der Waals surface area (Å²) in [6, 6.07) is 10.6. The van der Waals surface area contributed by atoms with Gasteiger partial charge in [0.05, 0.1) is 0 Å². The van der Waals surface area contributed by atoms with Gasteiger partial charge in [0.15, 0.2) is 0 Å². The summed E-state index contributed by atoms with van der Waals surface area (Å²) in [5.74, 6) is 0. The van der Waals surface area contributed by atoms with Gasteiger partial charge >= 0.3 is 0 Å². The third-order valence-corrected chi connectivity index (χ3v) is 3.94. The molecule has 0 amide bonds. The van der Waals surface area contributed by atoms with Gasteiger partial charge in [-0.3, -0.25) is 0 Å². The predicted molar refractivity (Wildman–Crippen MR) is 91.8 cm³/mol. The number of hydrogen-bond acceptors (Lipinski definition) is 0. The molecule has 1 aromatic carbocycles. The second kappa shape index (κ2) is 9.58. The van der Waals surface area contributed by atoms with Crippen molar-refractivity contribution in [3.8, 4) is 0 Å². The Kier molecular flexibility index (Phi) is 8.02. The molecular formula is C20H30. The van der Waals surface area contributed by atoms with Crippen LogP contribution in [0.2, 0.25) is 0 Å². The van der Waals surface area contributed by atoms with Crippen LogP contribution in [0.5, 0.6) is 0 Å². The van der Waals surface area contributed by atoms with E-state index < -0.39 is 0 Å². The van der Waals surface area contributed by atoms with E-state index >= 15 is 0 Å². The lowest BCUT2D eigenvalue weighted by atomic mass is 9.90. The lowest BCUT2D eigenvalue weighted by Gasteiger charge is -2.15. The topological polar surface area (TPSA) is 0 Å². The van der Waals surface area contributed by atoms with Gasteiger partial charge in [-0.25, -0.2) is 0 Å². The predicted octanol–water partition coefficient (Wildman–Crippen LogP) is 6.79. The summed E-state index contributed by atoms with van der Waals surface area (Å²) in [4.78, 5) is 0. The highest BCUT2D eigenvalue weighted by Crippen LogP contribution is 2.30. The highest BCUT2D eigenvalue weighted by molar-refractivity contribution is 5.77. The molecule has 0 aliphatic rings. The molecule has 0 atom stereocenters. The van der Waals surface area contributed by atoms with Crippen LogP contribution in [0.25, 0.3) is 5.57 Å². The maximum Gasteiger partial charge on any atom is -0.0187 e. The molecule has 0 unspecified atom stereocenters.